The van der Waals surface area contributed by atoms with E-state index in [1.165, 1.54) is 11.8 Å². The summed E-state index contributed by atoms with van der Waals surface area (Å²) in [6.07, 6.45) is 1.29. The van der Waals surface area contributed by atoms with Crippen LogP contribution in [0.4, 0.5) is 0 Å². The molecule has 0 aliphatic carbocycles. The average molecular weight is 262 g/mol. The minimum atomic E-state index is -1.02. The molecule has 0 spiro atoms. The molecule has 98 valence electrons. The van der Waals surface area contributed by atoms with E-state index >= 15 is 0 Å². The summed E-state index contributed by atoms with van der Waals surface area (Å²) >= 11 is 1.26. The predicted molar refractivity (Wildman–Crippen MR) is 65.6 cm³/mol. The Labute approximate surface area is 104 Å². The van der Waals surface area contributed by atoms with Crippen molar-refractivity contribution in [1.29, 1.82) is 0 Å². The number of hydrogen-bond donors (Lipinski definition) is 3. The fourth-order valence-corrected chi connectivity index (χ4v) is 1.83. The molecule has 7 heteroatoms. The molecule has 0 aliphatic heterocycles. The van der Waals surface area contributed by atoms with Crippen LogP contribution < -0.4 is 11.1 Å². The minimum absolute atomic E-state index is 0.171. The Kier molecular flexibility index (Phi) is 8.21. The van der Waals surface area contributed by atoms with Gasteiger partial charge in [0.1, 0.15) is 6.04 Å². The Bertz CT molecular complexity index is 283. The van der Waals surface area contributed by atoms with Gasteiger partial charge in [0, 0.05) is 12.2 Å². The van der Waals surface area contributed by atoms with E-state index in [0.29, 0.717) is 18.6 Å². The van der Waals surface area contributed by atoms with E-state index in [-0.39, 0.29) is 18.1 Å². The van der Waals surface area contributed by atoms with Crippen LogP contribution in [0.3, 0.4) is 0 Å². The van der Waals surface area contributed by atoms with Crippen molar-refractivity contribution >= 4 is 29.5 Å². The summed E-state index contributed by atoms with van der Waals surface area (Å²) in [5, 5.41) is 11.3. The van der Waals surface area contributed by atoms with E-state index in [1.54, 1.807) is 0 Å². The van der Waals surface area contributed by atoms with Crippen LogP contribution in [0.2, 0.25) is 0 Å². The van der Waals surface area contributed by atoms with Gasteiger partial charge in [0.05, 0.1) is 5.75 Å². The molecule has 0 radical (unpaired) electrons. The molecule has 1 atom stereocenters. The third-order valence-electron chi connectivity index (χ3n) is 1.93. The molecule has 0 rings (SSSR count). The number of carbonyl (C=O) groups is 3. The van der Waals surface area contributed by atoms with Gasteiger partial charge in [-0.15, -0.1) is 0 Å². The summed E-state index contributed by atoms with van der Waals surface area (Å²) in [4.78, 5) is 32.6. The van der Waals surface area contributed by atoms with Gasteiger partial charge >= 0.3 is 5.97 Å². The standard InChI is InChI=1S/C10H18N2O4S/c1-2-3-7(10(15)16)12-9(14)4-5-17-6-8(11)13/h7H,2-6H2,1H3,(H2,11,13)(H,12,14)(H,15,16). The molecule has 0 fully saturated rings. The Morgan fingerprint density at radius 3 is 2.53 bits per heavy atom. The number of nitrogens with one attached hydrogen (secondary N) is 1. The SMILES string of the molecule is CCCC(NC(=O)CCSCC(N)=O)C(=O)O. The van der Waals surface area contributed by atoms with Gasteiger partial charge in [-0.2, -0.15) is 11.8 Å². The monoisotopic (exact) mass is 262 g/mol. The van der Waals surface area contributed by atoms with Gasteiger partial charge in [0.2, 0.25) is 11.8 Å². The molecular weight excluding hydrogens is 244 g/mol. The van der Waals surface area contributed by atoms with Gasteiger partial charge in [-0.3, -0.25) is 9.59 Å². The highest BCUT2D eigenvalue weighted by Crippen LogP contribution is 2.03. The van der Waals surface area contributed by atoms with Crippen molar-refractivity contribution < 1.29 is 19.5 Å². The van der Waals surface area contributed by atoms with Crippen LogP contribution in [-0.2, 0) is 14.4 Å². The number of nitrogens with two attached hydrogens (primary N) is 1. The van der Waals surface area contributed by atoms with Crippen LogP contribution in [0.15, 0.2) is 0 Å². The number of carboxylic acid groups (broad SMARTS) is 1. The lowest BCUT2D eigenvalue weighted by Crippen LogP contribution is -2.40. The molecule has 0 heterocycles. The normalized spacial score (nSPS) is 11.8. The van der Waals surface area contributed by atoms with Gasteiger partial charge in [0.25, 0.3) is 0 Å². The third kappa shape index (κ3) is 8.56. The molecule has 0 aromatic heterocycles. The van der Waals surface area contributed by atoms with Crippen molar-refractivity contribution in [3.63, 3.8) is 0 Å². The zero-order valence-corrected chi connectivity index (χ0v) is 10.6. The molecule has 1 unspecified atom stereocenters. The van der Waals surface area contributed by atoms with Crippen molar-refractivity contribution in [2.24, 2.45) is 5.73 Å². The maximum atomic E-state index is 11.4. The molecule has 0 aliphatic rings. The maximum Gasteiger partial charge on any atom is 0.326 e. The van der Waals surface area contributed by atoms with Gasteiger partial charge in [0.15, 0.2) is 0 Å². The first-order chi connectivity index (χ1) is 7.97. The first-order valence-corrected chi connectivity index (χ1v) is 6.51. The second kappa shape index (κ2) is 8.86. The molecule has 4 N–H and O–H groups in total. The van der Waals surface area contributed by atoms with E-state index in [9.17, 15) is 14.4 Å². The molecule has 0 bridgehead atoms. The van der Waals surface area contributed by atoms with Crippen LogP contribution in [-0.4, -0.2) is 40.4 Å². The molecular formula is C10H18N2O4S. The number of primary amides is 1. The van der Waals surface area contributed by atoms with E-state index in [1.807, 2.05) is 6.92 Å². The summed E-state index contributed by atoms with van der Waals surface area (Å²) in [6, 6.07) is -0.825. The van der Waals surface area contributed by atoms with Crippen LogP contribution >= 0.6 is 11.8 Å². The Morgan fingerprint density at radius 2 is 2.06 bits per heavy atom. The van der Waals surface area contributed by atoms with Gasteiger partial charge in [-0.1, -0.05) is 13.3 Å². The highest BCUT2D eigenvalue weighted by atomic mass is 32.2. The number of carboxylic acids is 1. The summed E-state index contributed by atoms with van der Waals surface area (Å²) in [6.45, 7) is 1.85. The number of hydrogen-bond acceptors (Lipinski definition) is 4. The highest BCUT2D eigenvalue weighted by molar-refractivity contribution is 7.99. The van der Waals surface area contributed by atoms with E-state index in [4.69, 9.17) is 10.8 Å². The lowest BCUT2D eigenvalue weighted by atomic mass is 10.1. The van der Waals surface area contributed by atoms with Crippen molar-refractivity contribution in [2.45, 2.75) is 32.2 Å². The lowest BCUT2D eigenvalue weighted by Gasteiger charge is -2.13. The van der Waals surface area contributed by atoms with Crippen molar-refractivity contribution in [2.75, 3.05) is 11.5 Å². The molecule has 6 nitrogen and oxygen atoms in total. The first-order valence-electron chi connectivity index (χ1n) is 5.35. The van der Waals surface area contributed by atoms with Crippen LogP contribution in [0.25, 0.3) is 0 Å². The fourth-order valence-electron chi connectivity index (χ4n) is 1.15. The molecule has 17 heavy (non-hydrogen) atoms. The summed E-state index contributed by atoms with van der Waals surface area (Å²) in [5.74, 6) is -1.14. The quantitative estimate of drug-likeness (QED) is 0.505. The van der Waals surface area contributed by atoms with E-state index in [2.05, 4.69) is 5.32 Å². The predicted octanol–water partition coefficient (Wildman–Crippen LogP) is -0.0355. The maximum absolute atomic E-state index is 11.4. The van der Waals surface area contributed by atoms with Crippen molar-refractivity contribution in [3.8, 4) is 0 Å². The largest absolute Gasteiger partial charge is 0.480 e. The zero-order chi connectivity index (χ0) is 13.3. The molecule has 0 aromatic rings. The highest BCUT2D eigenvalue weighted by Gasteiger charge is 2.18. The average Bonchev–Trinajstić information content (AvgIpc) is 2.23. The Morgan fingerprint density at radius 1 is 1.41 bits per heavy atom. The number of thioether (sulfide) groups is 1. The number of carbonyl (C=O) groups excluding carboxylic acids is 2. The van der Waals surface area contributed by atoms with Crippen LogP contribution in [0, 0.1) is 0 Å². The fraction of sp³-hybridized carbons (Fsp3) is 0.700. The molecule has 0 aromatic carbocycles. The topological polar surface area (TPSA) is 109 Å². The smallest absolute Gasteiger partial charge is 0.326 e. The van der Waals surface area contributed by atoms with E-state index in [0.717, 1.165) is 0 Å². The number of aliphatic carboxylic acids is 1. The summed E-state index contributed by atoms with van der Waals surface area (Å²) < 4.78 is 0. The summed E-state index contributed by atoms with van der Waals surface area (Å²) in [5.41, 5.74) is 4.93. The molecule has 0 saturated heterocycles. The minimum Gasteiger partial charge on any atom is -0.480 e. The first kappa shape index (κ1) is 15.8. The van der Waals surface area contributed by atoms with Gasteiger partial charge < -0.3 is 16.2 Å². The van der Waals surface area contributed by atoms with Gasteiger partial charge in [-0.05, 0) is 6.42 Å². The Balaban J connectivity index is 3.82. The number of amides is 2. The molecule has 2 amide bonds. The van der Waals surface area contributed by atoms with Crippen LogP contribution in [0.1, 0.15) is 26.2 Å². The number of rotatable bonds is 9. The molecule has 0 saturated carbocycles. The van der Waals surface area contributed by atoms with Crippen molar-refractivity contribution in [3.05, 3.63) is 0 Å². The second-order valence-corrected chi connectivity index (χ2v) is 4.62. The van der Waals surface area contributed by atoms with E-state index < -0.39 is 17.9 Å². The third-order valence-corrected chi connectivity index (χ3v) is 2.91. The van der Waals surface area contributed by atoms with Gasteiger partial charge in [-0.25, -0.2) is 4.79 Å². The lowest BCUT2D eigenvalue weighted by molar-refractivity contribution is -0.142. The van der Waals surface area contributed by atoms with Crippen molar-refractivity contribution in [1.82, 2.24) is 5.32 Å². The van der Waals surface area contributed by atoms with Crippen LogP contribution in [0.5, 0.6) is 0 Å². The summed E-state index contributed by atoms with van der Waals surface area (Å²) in [7, 11) is 0. The Hall–Kier alpha value is -1.24. The zero-order valence-electron chi connectivity index (χ0n) is 9.77. The second-order valence-electron chi connectivity index (χ2n) is 3.52.